The molecule has 0 radical (unpaired) electrons. The van der Waals surface area contributed by atoms with Crippen molar-refractivity contribution in [2.75, 3.05) is 4.90 Å². The number of anilines is 1. The second-order valence-corrected chi connectivity index (χ2v) is 7.57. The van der Waals surface area contributed by atoms with Gasteiger partial charge in [-0.25, -0.2) is 9.78 Å². The Morgan fingerprint density at radius 3 is 2.83 bits per heavy atom. The molecule has 2 N–H and O–H groups in total. The Labute approximate surface area is 175 Å². The van der Waals surface area contributed by atoms with E-state index >= 15 is 0 Å². The average molecular weight is 397 g/mol. The standard InChI is InChI=1S/C24H23N5O/c1-2-19-23(18-10-6-7-11-20(18)27-16-8-4-3-5-9-16)29(24(30)28-19)17-12-13-21-22(14-17)26-15-25-21/h3-15,18-19,23H,2H2,1H3,(H,25,26)(H,28,30). The molecule has 3 aromatic rings. The van der Waals surface area contributed by atoms with Gasteiger partial charge < -0.3 is 10.3 Å². The van der Waals surface area contributed by atoms with Crippen LogP contribution in [-0.2, 0) is 0 Å². The van der Waals surface area contributed by atoms with E-state index in [0.29, 0.717) is 0 Å². The zero-order valence-corrected chi connectivity index (χ0v) is 16.7. The molecule has 2 heterocycles. The van der Waals surface area contributed by atoms with Gasteiger partial charge in [0.15, 0.2) is 0 Å². The summed E-state index contributed by atoms with van der Waals surface area (Å²) in [4.78, 5) is 27.3. The first kappa shape index (κ1) is 18.4. The lowest BCUT2D eigenvalue weighted by Crippen LogP contribution is -2.45. The van der Waals surface area contributed by atoms with E-state index in [-0.39, 0.29) is 24.0 Å². The number of rotatable bonds is 4. The normalized spacial score (nSPS) is 24.7. The van der Waals surface area contributed by atoms with E-state index in [4.69, 9.17) is 4.99 Å². The van der Waals surface area contributed by atoms with Crippen molar-refractivity contribution in [1.82, 2.24) is 15.3 Å². The van der Waals surface area contributed by atoms with Crippen molar-refractivity contribution in [3.8, 4) is 0 Å². The number of aromatic nitrogens is 2. The van der Waals surface area contributed by atoms with Gasteiger partial charge in [-0.1, -0.05) is 43.4 Å². The van der Waals surface area contributed by atoms with Crippen LogP contribution in [0, 0.1) is 5.92 Å². The number of carbonyl (C=O) groups is 1. The van der Waals surface area contributed by atoms with Gasteiger partial charge in [-0.2, -0.15) is 0 Å². The maximum Gasteiger partial charge on any atom is 0.322 e. The summed E-state index contributed by atoms with van der Waals surface area (Å²) >= 11 is 0. The number of para-hydroxylation sites is 1. The minimum absolute atomic E-state index is 0.0171. The number of hydrogen-bond acceptors (Lipinski definition) is 3. The van der Waals surface area contributed by atoms with E-state index in [1.54, 1.807) is 6.33 Å². The maximum absolute atomic E-state index is 13.0. The first-order valence-electron chi connectivity index (χ1n) is 10.3. The summed E-state index contributed by atoms with van der Waals surface area (Å²) in [5, 5.41) is 3.17. The first-order valence-corrected chi connectivity index (χ1v) is 10.3. The highest BCUT2D eigenvalue weighted by Gasteiger charge is 2.44. The highest BCUT2D eigenvalue weighted by atomic mass is 16.2. The van der Waals surface area contributed by atoms with E-state index in [1.165, 1.54) is 0 Å². The molecule has 6 heteroatoms. The number of aromatic amines is 1. The van der Waals surface area contributed by atoms with Crippen LogP contribution in [0.4, 0.5) is 16.2 Å². The quantitative estimate of drug-likeness (QED) is 0.666. The second-order valence-electron chi connectivity index (χ2n) is 7.57. The summed E-state index contributed by atoms with van der Waals surface area (Å²) in [6.45, 7) is 2.11. The predicted molar refractivity (Wildman–Crippen MR) is 120 cm³/mol. The molecule has 1 aliphatic carbocycles. The van der Waals surface area contributed by atoms with Crippen LogP contribution in [0.15, 0.2) is 84.2 Å². The number of fused-ring (bicyclic) bond motifs is 1. The lowest BCUT2D eigenvalue weighted by atomic mass is 9.85. The van der Waals surface area contributed by atoms with Crippen molar-refractivity contribution < 1.29 is 4.79 Å². The van der Waals surface area contributed by atoms with Crippen molar-refractivity contribution in [2.45, 2.75) is 25.4 Å². The number of carbonyl (C=O) groups excluding carboxylic acids is 1. The molecule has 150 valence electrons. The summed E-state index contributed by atoms with van der Waals surface area (Å²) < 4.78 is 0. The molecule has 3 atom stereocenters. The Kier molecular flexibility index (Phi) is 4.67. The minimum Gasteiger partial charge on any atom is -0.345 e. The van der Waals surface area contributed by atoms with Gasteiger partial charge in [0.25, 0.3) is 0 Å². The van der Waals surface area contributed by atoms with E-state index in [1.807, 2.05) is 71.7 Å². The Bertz CT molecular complexity index is 1160. The largest absolute Gasteiger partial charge is 0.345 e. The van der Waals surface area contributed by atoms with Gasteiger partial charge in [0, 0.05) is 11.6 Å². The number of nitrogens with one attached hydrogen (secondary N) is 2. The van der Waals surface area contributed by atoms with E-state index in [0.717, 1.165) is 34.5 Å². The fourth-order valence-corrected chi connectivity index (χ4v) is 4.35. The molecule has 0 saturated carbocycles. The number of hydrogen-bond donors (Lipinski definition) is 2. The lowest BCUT2D eigenvalue weighted by Gasteiger charge is -2.33. The molecule has 2 aliphatic rings. The maximum atomic E-state index is 13.0. The van der Waals surface area contributed by atoms with Crippen LogP contribution in [0.3, 0.4) is 0 Å². The number of nitrogens with zero attached hydrogens (tertiary/aromatic N) is 3. The molecular weight excluding hydrogens is 374 g/mol. The number of H-pyrrole nitrogens is 1. The van der Waals surface area contributed by atoms with E-state index < -0.39 is 0 Å². The minimum atomic E-state index is -0.0773. The van der Waals surface area contributed by atoms with Crippen molar-refractivity contribution in [1.29, 1.82) is 0 Å². The Balaban J connectivity index is 1.57. The second kappa shape index (κ2) is 7.63. The summed E-state index contributed by atoms with van der Waals surface area (Å²) in [6.07, 6.45) is 10.8. The molecule has 6 nitrogen and oxygen atoms in total. The van der Waals surface area contributed by atoms with Crippen molar-refractivity contribution in [2.24, 2.45) is 10.9 Å². The number of aliphatic imine (C=N–C) groups is 1. The Morgan fingerprint density at radius 2 is 2.00 bits per heavy atom. The zero-order chi connectivity index (χ0) is 20.5. The monoisotopic (exact) mass is 397 g/mol. The number of allylic oxidation sites excluding steroid dienone is 3. The van der Waals surface area contributed by atoms with Crippen LogP contribution in [0.1, 0.15) is 13.3 Å². The molecule has 0 bridgehead atoms. The summed E-state index contributed by atoms with van der Waals surface area (Å²) in [5.74, 6) is -0.0171. The van der Waals surface area contributed by atoms with Crippen molar-refractivity contribution in [3.63, 3.8) is 0 Å². The molecule has 1 aliphatic heterocycles. The molecule has 0 spiro atoms. The molecule has 5 rings (SSSR count). The SMILES string of the molecule is CCC1NC(=O)N(c2ccc3nc[nH]c3c2)C1C1C=CC=CC1=Nc1ccccc1. The fourth-order valence-electron chi connectivity index (χ4n) is 4.35. The van der Waals surface area contributed by atoms with Crippen LogP contribution in [0.5, 0.6) is 0 Å². The third kappa shape index (κ3) is 3.20. The van der Waals surface area contributed by atoms with Gasteiger partial charge in [-0.3, -0.25) is 9.89 Å². The first-order chi connectivity index (χ1) is 14.7. The summed E-state index contributed by atoms with van der Waals surface area (Å²) in [7, 11) is 0. The van der Waals surface area contributed by atoms with Crippen molar-refractivity contribution in [3.05, 3.63) is 79.2 Å². The highest BCUT2D eigenvalue weighted by Crippen LogP contribution is 2.33. The van der Waals surface area contributed by atoms with Gasteiger partial charge in [-0.05, 0) is 42.8 Å². The zero-order valence-electron chi connectivity index (χ0n) is 16.7. The molecule has 3 unspecified atom stereocenters. The summed E-state index contributed by atoms with van der Waals surface area (Å²) in [5.41, 5.74) is 4.52. The van der Waals surface area contributed by atoms with E-state index in [2.05, 4.69) is 28.3 Å². The fraction of sp³-hybridized carbons (Fsp3) is 0.208. The van der Waals surface area contributed by atoms with Crippen LogP contribution in [0.2, 0.25) is 0 Å². The third-order valence-corrected chi connectivity index (χ3v) is 5.78. The number of benzene rings is 2. The molecule has 1 fully saturated rings. The van der Waals surface area contributed by atoms with Gasteiger partial charge in [-0.15, -0.1) is 0 Å². The lowest BCUT2D eigenvalue weighted by molar-refractivity contribution is 0.250. The summed E-state index contributed by atoms with van der Waals surface area (Å²) in [6, 6.07) is 15.7. The number of urea groups is 1. The van der Waals surface area contributed by atoms with Crippen LogP contribution >= 0.6 is 0 Å². The molecule has 2 amide bonds. The molecule has 2 aromatic carbocycles. The number of imidazole rings is 1. The Hall–Kier alpha value is -3.67. The molecule has 30 heavy (non-hydrogen) atoms. The van der Waals surface area contributed by atoms with Gasteiger partial charge >= 0.3 is 6.03 Å². The van der Waals surface area contributed by atoms with Crippen LogP contribution in [0.25, 0.3) is 11.0 Å². The van der Waals surface area contributed by atoms with Gasteiger partial charge in [0.2, 0.25) is 0 Å². The van der Waals surface area contributed by atoms with Crippen molar-refractivity contribution >= 4 is 34.2 Å². The van der Waals surface area contributed by atoms with Gasteiger partial charge in [0.05, 0.1) is 40.8 Å². The van der Waals surface area contributed by atoms with Crippen LogP contribution < -0.4 is 10.2 Å². The predicted octanol–water partition coefficient (Wildman–Crippen LogP) is 4.75. The molecule has 1 aromatic heterocycles. The highest BCUT2D eigenvalue weighted by molar-refractivity contribution is 6.04. The third-order valence-electron chi connectivity index (χ3n) is 5.78. The van der Waals surface area contributed by atoms with Gasteiger partial charge in [0.1, 0.15) is 0 Å². The molecular formula is C24H23N5O. The smallest absolute Gasteiger partial charge is 0.322 e. The average Bonchev–Trinajstić information content (AvgIpc) is 3.38. The molecule has 1 saturated heterocycles. The number of amides is 2. The van der Waals surface area contributed by atoms with Crippen LogP contribution in [-0.4, -0.2) is 33.8 Å². The Morgan fingerprint density at radius 1 is 1.13 bits per heavy atom. The van der Waals surface area contributed by atoms with E-state index in [9.17, 15) is 4.79 Å². The topological polar surface area (TPSA) is 73.4 Å².